The number of aromatic nitrogens is 5. The topological polar surface area (TPSA) is 80.5 Å². The summed E-state index contributed by atoms with van der Waals surface area (Å²) >= 11 is 5.80. The first kappa shape index (κ1) is 12.6. The molecule has 0 atom stereocenters. The summed E-state index contributed by atoms with van der Waals surface area (Å²) in [6, 6.07) is 1.88. The smallest absolute Gasteiger partial charge is 0.228 e. The van der Waals surface area contributed by atoms with Crippen molar-refractivity contribution in [2.75, 3.05) is 23.7 Å². The lowest BCUT2D eigenvalue weighted by molar-refractivity contribution is 0.636. The largest absolute Gasteiger partial charge is 0.354 e. The molecule has 18 heavy (non-hydrogen) atoms. The van der Waals surface area contributed by atoms with Gasteiger partial charge in [-0.3, -0.25) is 4.68 Å². The van der Waals surface area contributed by atoms with Crippen LogP contribution in [0.25, 0.3) is 0 Å². The van der Waals surface area contributed by atoms with Gasteiger partial charge in [-0.2, -0.15) is 20.1 Å². The van der Waals surface area contributed by atoms with Gasteiger partial charge in [0.25, 0.3) is 0 Å². The van der Waals surface area contributed by atoms with Crippen molar-refractivity contribution in [1.29, 1.82) is 0 Å². The Kier molecular flexibility index (Phi) is 4.30. The number of anilines is 2. The van der Waals surface area contributed by atoms with E-state index in [1.54, 1.807) is 6.20 Å². The van der Waals surface area contributed by atoms with Gasteiger partial charge in [0.1, 0.15) is 0 Å². The summed E-state index contributed by atoms with van der Waals surface area (Å²) in [6.07, 6.45) is 3.63. The van der Waals surface area contributed by atoms with Crippen LogP contribution in [0.4, 0.5) is 11.9 Å². The van der Waals surface area contributed by atoms with Gasteiger partial charge in [0.2, 0.25) is 17.2 Å². The van der Waals surface area contributed by atoms with Crippen molar-refractivity contribution >= 4 is 23.5 Å². The highest BCUT2D eigenvalue weighted by atomic mass is 35.5. The number of hydrogen-bond acceptors (Lipinski definition) is 6. The van der Waals surface area contributed by atoms with Crippen LogP contribution >= 0.6 is 11.6 Å². The van der Waals surface area contributed by atoms with Crippen molar-refractivity contribution in [2.24, 2.45) is 0 Å². The van der Waals surface area contributed by atoms with Crippen molar-refractivity contribution in [3.8, 4) is 0 Å². The molecule has 0 aliphatic rings. The molecule has 0 aromatic carbocycles. The number of nitrogens with zero attached hydrogens (tertiary/aromatic N) is 5. The lowest BCUT2D eigenvalue weighted by atomic mass is 10.6. The Bertz CT molecular complexity index is 485. The van der Waals surface area contributed by atoms with Crippen molar-refractivity contribution in [2.45, 2.75) is 13.5 Å². The summed E-state index contributed by atoms with van der Waals surface area (Å²) in [5.74, 6) is 0.928. The van der Waals surface area contributed by atoms with Gasteiger partial charge in [0.05, 0.1) is 6.54 Å². The molecule has 0 spiro atoms. The summed E-state index contributed by atoms with van der Waals surface area (Å²) in [7, 11) is 0. The Morgan fingerprint density at radius 3 is 2.67 bits per heavy atom. The van der Waals surface area contributed by atoms with Crippen LogP contribution in [0.5, 0.6) is 0 Å². The van der Waals surface area contributed by atoms with Crippen LogP contribution < -0.4 is 10.6 Å². The van der Waals surface area contributed by atoms with Gasteiger partial charge in [-0.25, -0.2) is 0 Å². The lowest BCUT2D eigenvalue weighted by Crippen LogP contribution is -2.14. The molecular formula is C10H14ClN7. The minimum atomic E-state index is 0.169. The quantitative estimate of drug-likeness (QED) is 0.820. The van der Waals surface area contributed by atoms with Crippen molar-refractivity contribution < 1.29 is 0 Å². The normalized spacial score (nSPS) is 10.3. The molecule has 0 amide bonds. The van der Waals surface area contributed by atoms with Gasteiger partial charge in [-0.15, -0.1) is 0 Å². The molecule has 0 aliphatic carbocycles. The van der Waals surface area contributed by atoms with E-state index in [9.17, 15) is 0 Å². The minimum Gasteiger partial charge on any atom is -0.354 e. The third kappa shape index (κ3) is 3.56. The second kappa shape index (κ2) is 6.15. The zero-order valence-electron chi connectivity index (χ0n) is 9.97. The maximum absolute atomic E-state index is 5.80. The fraction of sp³-hybridized carbons (Fsp3) is 0.400. The van der Waals surface area contributed by atoms with E-state index in [1.807, 2.05) is 23.9 Å². The van der Waals surface area contributed by atoms with E-state index >= 15 is 0 Å². The highest BCUT2D eigenvalue weighted by molar-refractivity contribution is 6.28. The predicted octanol–water partition coefficient (Wildman–Crippen LogP) is 1.27. The summed E-state index contributed by atoms with van der Waals surface area (Å²) in [5, 5.41) is 10.3. The number of nitrogens with one attached hydrogen (secondary N) is 2. The first-order valence-corrected chi connectivity index (χ1v) is 6.02. The fourth-order valence-corrected chi connectivity index (χ4v) is 1.54. The van der Waals surface area contributed by atoms with E-state index in [-0.39, 0.29) is 5.28 Å². The van der Waals surface area contributed by atoms with E-state index in [0.29, 0.717) is 18.4 Å². The van der Waals surface area contributed by atoms with Gasteiger partial charge < -0.3 is 10.6 Å². The highest BCUT2D eigenvalue weighted by Crippen LogP contribution is 2.08. The van der Waals surface area contributed by atoms with Crippen molar-refractivity contribution in [1.82, 2.24) is 24.7 Å². The minimum absolute atomic E-state index is 0.169. The molecule has 2 rings (SSSR count). The van der Waals surface area contributed by atoms with Crippen LogP contribution in [0.2, 0.25) is 5.28 Å². The Hall–Kier alpha value is -1.89. The van der Waals surface area contributed by atoms with E-state index in [2.05, 4.69) is 30.7 Å². The third-order valence-corrected chi connectivity index (χ3v) is 2.30. The molecule has 2 aromatic rings. The first-order valence-electron chi connectivity index (χ1n) is 5.64. The molecule has 2 aromatic heterocycles. The third-order valence-electron chi connectivity index (χ3n) is 2.13. The van der Waals surface area contributed by atoms with E-state index < -0.39 is 0 Å². The average Bonchev–Trinajstić information content (AvgIpc) is 2.82. The summed E-state index contributed by atoms with van der Waals surface area (Å²) in [5.41, 5.74) is 0. The Balaban J connectivity index is 1.92. The van der Waals surface area contributed by atoms with Crippen LogP contribution in [-0.4, -0.2) is 37.8 Å². The van der Waals surface area contributed by atoms with E-state index in [1.165, 1.54) is 0 Å². The molecule has 0 bridgehead atoms. The van der Waals surface area contributed by atoms with Crippen LogP contribution in [0.1, 0.15) is 6.92 Å². The highest BCUT2D eigenvalue weighted by Gasteiger charge is 2.03. The van der Waals surface area contributed by atoms with Gasteiger partial charge in [-0.1, -0.05) is 0 Å². The molecule has 0 saturated heterocycles. The number of halogens is 1. The average molecular weight is 268 g/mol. The maximum Gasteiger partial charge on any atom is 0.228 e. The summed E-state index contributed by atoms with van der Waals surface area (Å²) in [4.78, 5) is 12.1. The SMILES string of the molecule is CCNc1nc(Cl)nc(NCCn2cccn2)n1. The molecule has 0 saturated carbocycles. The zero-order valence-corrected chi connectivity index (χ0v) is 10.7. The van der Waals surface area contributed by atoms with Gasteiger partial charge in [-0.05, 0) is 24.6 Å². The summed E-state index contributed by atoms with van der Waals surface area (Å²) in [6.45, 7) is 4.08. The van der Waals surface area contributed by atoms with E-state index in [4.69, 9.17) is 11.6 Å². The Morgan fingerprint density at radius 2 is 2.00 bits per heavy atom. The van der Waals surface area contributed by atoms with Gasteiger partial charge in [0.15, 0.2) is 0 Å². The zero-order chi connectivity index (χ0) is 12.8. The Labute approximate surface area is 110 Å². The second-order valence-electron chi connectivity index (χ2n) is 3.48. The number of hydrogen-bond donors (Lipinski definition) is 2. The monoisotopic (exact) mass is 267 g/mol. The molecule has 8 heteroatoms. The van der Waals surface area contributed by atoms with Crippen molar-refractivity contribution in [3.05, 3.63) is 23.7 Å². The maximum atomic E-state index is 5.80. The molecule has 96 valence electrons. The van der Waals surface area contributed by atoms with E-state index in [0.717, 1.165) is 13.1 Å². The second-order valence-corrected chi connectivity index (χ2v) is 3.82. The molecule has 0 unspecified atom stereocenters. The Morgan fingerprint density at radius 1 is 1.22 bits per heavy atom. The molecular weight excluding hydrogens is 254 g/mol. The standard InChI is InChI=1S/C10H14ClN7/c1-2-12-9-15-8(11)16-10(17-9)13-5-7-18-6-3-4-14-18/h3-4,6H,2,5,7H2,1H3,(H2,12,13,15,16,17). The van der Waals surface area contributed by atoms with Crippen LogP contribution in [-0.2, 0) is 6.54 Å². The molecule has 2 heterocycles. The molecule has 0 aliphatic heterocycles. The van der Waals surface area contributed by atoms with Gasteiger partial charge >= 0.3 is 0 Å². The molecule has 0 fully saturated rings. The summed E-state index contributed by atoms with van der Waals surface area (Å²) < 4.78 is 1.82. The van der Waals surface area contributed by atoms with Crippen LogP contribution in [0, 0.1) is 0 Å². The molecule has 0 radical (unpaired) electrons. The molecule has 7 nitrogen and oxygen atoms in total. The van der Waals surface area contributed by atoms with Gasteiger partial charge in [0, 0.05) is 25.5 Å². The lowest BCUT2D eigenvalue weighted by Gasteiger charge is -2.07. The fourth-order valence-electron chi connectivity index (χ4n) is 1.38. The number of rotatable bonds is 6. The van der Waals surface area contributed by atoms with Crippen LogP contribution in [0.15, 0.2) is 18.5 Å². The first-order chi connectivity index (χ1) is 8.78. The van der Waals surface area contributed by atoms with Crippen molar-refractivity contribution in [3.63, 3.8) is 0 Å². The molecule has 2 N–H and O–H groups in total. The van der Waals surface area contributed by atoms with Crippen LogP contribution in [0.3, 0.4) is 0 Å². The predicted molar refractivity (Wildman–Crippen MR) is 69.7 cm³/mol.